The molecule has 0 aliphatic carbocycles. The molecule has 7 heteroatoms. The quantitative estimate of drug-likeness (QED) is 0.575. The molecule has 0 amide bonds. The molecule has 2 rings (SSSR count). The molecule has 2 aromatic heterocycles. The Balaban J connectivity index is 0.000000181. The highest BCUT2D eigenvalue weighted by Crippen LogP contribution is 1.79. The lowest BCUT2D eigenvalue weighted by Crippen LogP contribution is -2.24. The summed E-state index contributed by atoms with van der Waals surface area (Å²) in [6.07, 6.45) is 6.06. The van der Waals surface area contributed by atoms with Crippen molar-refractivity contribution < 1.29 is 5.11 Å². The van der Waals surface area contributed by atoms with E-state index in [1.807, 2.05) is 4.98 Å². The van der Waals surface area contributed by atoms with Crippen molar-refractivity contribution in [1.29, 1.82) is 0 Å². The van der Waals surface area contributed by atoms with Crippen LogP contribution in [0.15, 0.2) is 40.6 Å². The minimum absolute atomic E-state index is 0.152. The number of hydrogen-bond acceptors (Lipinski definition) is 5. The predicted molar refractivity (Wildman–Crippen MR) is 55.6 cm³/mol. The monoisotopic (exact) mass is 222 g/mol. The fourth-order valence-electron chi connectivity index (χ4n) is 0.808. The molecule has 16 heavy (non-hydrogen) atoms. The number of aliphatic hydroxyl groups excluding tert-OH is 1. The van der Waals surface area contributed by atoms with Gasteiger partial charge < -0.3 is 10.1 Å². The lowest BCUT2D eigenvalue weighted by Gasteiger charge is -1.89. The van der Waals surface area contributed by atoms with Gasteiger partial charge in [-0.2, -0.15) is 0 Å². The molecule has 0 atom stereocenters. The predicted octanol–water partition coefficient (Wildman–Crippen LogP) is -0.968. The Labute approximate surface area is 89.9 Å². The van der Waals surface area contributed by atoms with E-state index in [1.165, 1.54) is 12.5 Å². The van der Waals surface area contributed by atoms with Gasteiger partial charge in [-0.1, -0.05) is 0 Å². The second-order valence-electron chi connectivity index (χ2n) is 2.66. The summed E-state index contributed by atoms with van der Waals surface area (Å²) in [5.74, 6) is 0. The largest absolute Gasteiger partial charge is 0.391 e. The van der Waals surface area contributed by atoms with E-state index in [9.17, 15) is 9.59 Å². The Kier molecular flexibility index (Phi) is 4.61. The second-order valence-corrected chi connectivity index (χ2v) is 2.66. The van der Waals surface area contributed by atoms with Crippen molar-refractivity contribution in [2.24, 2.45) is 0 Å². The van der Waals surface area contributed by atoms with Crippen LogP contribution in [0.5, 0.6) is 0 Å². The molecule has 0 aromatic carbocycles. The summed E-state index contributed by atoms with van der Waals surface area (Å²) in [5.41, 5.74) is -0.965. The molecule has 0 aliphatic rings. The molecule has 0 saturated carbocycles. The second kappa shape index (κ2) is 6.25. The molecule has 0 saturated heterocycles. The van der Waals surface area contributed by atoms with E-state index in [2.05, 4.69) is 15.0 Å². The van der Waals surface area contributed by atoms with Crippen LogP contribution in [0.2, 0.25) is 0 Å². The highest BCUT2D eigenvalue weighted by atomic mass is 16.3. The van der Waals surface area contributed by atoms with E-state index in [1.54, 1.807) is 18.5 Å². The number of H-pyrrole nitrogens is 2. The zero-order valence-corrected chi connectivity index (χ0v) is 8.25. The number of aromatic nitrogens is 4. The maximum Gasteiger partial charge on any atom is 0.325 e. The van der Waals surface area contributed by atoms with Gasteiger partial charge in [0.1, 0.15) is 6.33 Å². The zero-order chi connectivity index (χ0) is 11.8. The summed E-state index contributed by atoms with van der Waals surface area (Å²) >= 11 is 0. The summed E-state index contributed by atoms with van der Waals surface area (Å²) in [4.78, 5) is 32.5. The van der Waals surface area contributed by atoms with E-state index in [-0.39, 0.29) is 12.2 Å². The molecule has 0 spiro atoms. The topological polar surface area (TPSA) is 112 Å². The van der Waals surface area contributed by atoms with Crippen LogP contribution in [0, 0.1) is 0 Å². The van der Waals surface area contributed by atoms with Crippen LogP contribution < -0.4 is 11.2 Å². The van der Waals surface area contributed by atoms with Crippen molar-refractivity contribution in [3.63, 3.8) is 0 Å². The number of rotatable bonds is 1. The zero-order valence-electron chi connectivity index (χ0n) is 8.25. The first-order chi connectivity index (χ1) is 7.74. The van der Waals surface area contributed by atoms with Gasteiger partial charge >= 0.3 is 5.69 Å². The molecule has 3 N–H and O–H groups in total. The standard InChI is InChI=1S/C5H6N2O3.C4H4N2/c8-2-3-1-6-5(10)7-4(3)9;1-2-5-4-6-3-1/h1,8H,2H2,(H2,6,7,9,10);1-4H. The van der Waals surface area contributed by atoms with Crippen molar-refractivity contribution in [1.82, 2.24) is 19.9 Å². The van der Waals surface area contributed by atoms with E-state index in [0.717, 1.165) is 0 Å². The molecular weight excluding hydrogens is 212 g/mol. The minimum atomic E-state index is -0.567. The van der Waals surface area contributed by atoms with E-state index in [0.29, 0.717) is 0 Å². The van der Waals surface area contributed by atoms with Crippen LogP contribution in [0.3, 0.4) is 0 Å². The normalized spacial score (nSPS) is 9.06. The van der Waals surface area contributed by atoms with Crippen LogP contribution in [0.1, 0.15) is 5.56 Å². The van der Waals surface area contributed by atoms with Gasteiger partial charge in [0.05, 0.1) is 12.2 Å². The van der Waals surface area contributed by atoms with Crippen molar-refractivity contribution in [3.8, 4) is 0 Å². The van der Waals surface area contributed by atoms with Gasteiger partial charge in [-0.25, -0.2) is 14.8 Å². The highest BCUT2D eigenvalue weighted by Gasteiger charge is 1.95. The van der Waals surface area contributed by atoms with Crippen LogP contribution in [-0.2, 0) is 6.61 Å². The molecule has 0 unspecified atom stereocenters. The third-order valence-corrected chi connectivity index (χ3v) is 1.54. The molecule has 7 nitrogen and oxygen atoms in total. The van der Waals surface area contributed by atoms with Crippen molar-refractivity contribution in [2.45, 2.75) is 6.61 Å². The van der Waals surface area contributed by atoms with E-state index >= 15 is 0 Å². The fourth-order valence-corrected chi connectivity index (χ4v) is 0.808. The maximum absolute atomic E-state index is 10.6. The Morgan fingerprint density at radius 2 is 1.94 bits per heavy atom. The van der Waals surface area contributed by atoms with Gasteiger partial charge in [0, 0.05) is 18.6 Å². The SMILES string of the molecule is O=c1[nH]cc(CO)c(=O)[nH]1.c1cncnc1. The third kappa shape index (κ3) is 3.84. The first-order valence-corrected chi connectivity index (χ1v) is 4.35. The van der Waals surface area contributed by atoms with Crippen LogP contribution in [-0.4, -0.2) is 25.0 Å². The van der Waals surface area contributed by atoms with Gasteiger partial charge in [0.25, 0.3) is 5.56 Å². The van der Waals surface area contributed by atoms with Gasteiger partial charge in [-0.15, -0.1) is 0 Å². The first kappa shape index (κ1) is 11.8. The van der Waals surface area contributed by atoms with Gasteiger partial charge in [0.15, 0.2) is 0 Å². The van der Waals surface area contributed by atoms with Crippen LogP contribution >= 0.6 is 0 Å². The molecule has 2 aromatic rings. The molecular formula is C9H10N4O3. The lowest BCUT2D eigenvalue weighted by molar-refractivity contribution is 0.279. The lowest BCUT2D eigenvalue weighted by atomic mass is 10.4. The molecule has 0 radical (unpaired) electrons. The highest BCUT2D eigenvalue weighted by molar-refractivity contribution is 5.00. The van der Waals surface area contributed by atoms with Gasteiger partial charge in [-0.3, -0.25) is 9.78 Å². The number of hydrogen-bond donors (Lipinski definition) is 3. The Hall–Kier alpha value is -2.28. The number of aliphatic hydroxyl groups is 1. The smallest absolute Gasteiger partial charge is 0.325 e. The summed E-state index contributed by atoms with van der Waals surface area (Å²) in [6, 6.07) is 1.78. The third-order valence-electron chi connectivity index (χ3n) is 1.54. The number of aromatic amines is 2. The van der Waals surface area contributed by atoms with Crippen molar-refractivity contribution in [3.05, 3.63) is 57.4 Å². The summed E-state index contributed by atoms with van der Waals surface area (Å²) in [6.45, 7) is -0.369. The van der Waals surface area contributed by atoms with Crippen molar-refractivity contribution in [2.75, 3.05) is 0 Å². The number of nitrogens with zero attached hydrogens (tertiary/aromatic N) is 2. The fraction of sp³-hybridized carbons (Fsp3) is 0.111. The Morgan fingerprint density at radius 3 is 2.31 bits per heavy atom. The van der Waals surface area contributed by atoms with E-state index in [4.69, 9.17) is 5.11 Å². The number of nitrogens with one attached hydrogen (secondary N) is 2. The average molecular weight is 222 g/mol. The Morgan fingerprint density at radius 1 is 1.25 bits per heavy atom. The molecule has 0 aliphatic heterocycles. The summed E-state index contributed by atoms with van der Waals surface area (Å²) < 4.78 is 0. The molecule has 2 heterocycles. The molecule has 0 bridgehead atoms. The molecule has 84 valence electrons. The van der Waals surface area contributed by atoms with Gasteiger partial charge in [-0.05, 0) is 6.07 Å². The minimum Gasteiger partial charge on any atom is -0.391 e. The van der Waals surface area contributed by atoms with E-state index < -0.39 is 11.2 Å². The van der Waals surface area contributed by atoms with Crippen LogP contribution in [0.25, 0.3) is 0 Å². The Bertz CT molecular complexity index is 493. The summed E-state index contributed by atoms with van der Waals surface area (Å²) in [7, 11) is 0. The van der Waals surface area contributed by atoms with Gasteiger partial charge in [0.2, 0.25) is 0 Å². The average Bonchev–Trinajstić information content (AvgIpc) is 2.32. The maximum atomic E-state index is 10.6. The summed E-state index contributed by atoms with van der Waals surface area (Å²) in [5, 5.41) is 8.47. The van der Waals surface area contributed by atoms with Crippen LogP contribution in [0.4, 0.5) is 0 Å². The van der Waals surface area contributed by atoms with Crippen molar-refractivity contribution >= 4 is 0 Å². The molecule has 0 fully saturated rings. The first-order valence-electron chi connectivity index (χ1n) is 4.35.